The first-order valence-electron chi connectivity index (χ1n) is 9.19. The Labute approximate surface area is 148 Å². The number of ether oxygens (including phenoxy) is 1. The third-order valence-corrected chi connectivity index (χ3v) is 3.54. The topological polar surface area (TPSA) is 63.6 Å². The van der Waals surface area contributed by atoms with Crippen molar-refractivity contribution in [3.63, 3.8) is 0 Å². The van der Waals surface area contributed by atoms with Gasteiger partial charge < -0.3 is 9.84 Å². The lowest BCUT2D eigenvalue weighted by Crippen LogP contribution is -2.01. The highest BCUT2D eigenvalue weighted by molar-refractivity contribution is 5.85. The van der Waals surface area contributed by atoms with Crippen LogP contribution in [0.1, 0.15) is 84.5 Å². The van der Waals surface area contributed by atoms with Crippen molar-refractivity contribution >= 4 is 11.9 Å². The Bertz CT molecular complexity index is 346. The summed E-state index contributed by atoms with van der Waals surface area (Å²) < 4.78 is 4.81. The molecule has 0 aromatic carbocycles. The van der Waals surface area contributed by atoms with E-state index in [2.05, 4.69) is 27.0 Å². The number of carbonyl (C=O) groups excluding carboxylic acids is 1. The molecular formula is C20H36O4. The van der Waals surface area contributed by atoms with Crippen LogP contribution in [0.3, 0.4) is 0 Å². The van der Waals surface area contributed by atoms with Crippen molar-refractivity contribution in [2.75, 3.05) is 6.61 Å². The molecule has 0 rings (SSSR count). The third kappa shape index (κ3) is 20.4. The molecule has 0 spiro atoms. The van der Waals surface area contributed by atoms with E-state index in [0.29, 0.717) is 18.6 Å². The summed E-state index contributed by atoms with van der Waals surface area (Å²) in [5.74, 6) is -1.17. The van der Waals surface area contributed by atoms with Gasteiger partial charge in [0.1, 0.15) is 0 Å². The predicted molar refractivity (Wildman–Crippen MR) is 100 cm³/mol. The summed E-state index contributed by atoms with van der Waals surface area (Å²) in [6.45, 7) is 11.7. The molecule has 0 bridgehead atoms. The van der Waals surface area contributed by atoms with E-state index in [9.17, 15) is 9.59 Å². The minimum absolute atomic E-state index is 0.314. The molecule has 1 N–H and O–H groups in total. The van der Waals surface area contributed by atoms with Gasteiger partial charge in [0.15, 0.2) is 0 Å². The maximum absolute atomic E-state index is 10.6. The van der Waals surface area contributed by atoms with Crippen molar-refractivity contribution in [1.29, 1.82) is 0 Å². The quantitative estimate of drug-likeness (QED) is 0.251. The van der Waals surface area contributed by atoms with Gasteiger partial charge in [-0.2, -0.15) is 0 Å². The third-order valence-electron chi connectivity index (χ3n) is 3.54. The monoisotopic (exact) mass is 340 g/mol. The number of carboxylic acids is 1. The number of rotatable bonds is 14. The minimum atomic E-state index is -0.856. The van der Waals surface area contributed by atoms with Crippen LogP contribution in [0.15, 0.2) is 24.8 Å². The van der Waals surface area contributed by atoms with E-state index in [0.717, 1.165) is 25.7 Å². The Kier molecular flexibility index (Phi) is 20.0. The van der Waals surface area contributed by atoms with Crippen LogP contribution in [0.5, 0.6) is 0 Å². The zero-order chi connectivity index (χ0) is 18.6. The molecule has 0 heterocycles. The Hall–Kier alpha value is -1.58. The predicted octanol–water partition coefficient (Wildman–Crippen LogP) is 5.67. The molecule has 0 aliphatic rings. The van der Waals surface area contributed by atoms with Gasteiger partial charge in [-0.25, -0.2) is 9.59 Å². The summed E-state index contributed by atoms with van der Waals surface area (Å²) in [7, 11) is 0. The highest BCUT2D eigenvalue weighted by atomic mass is 16.5. The van der Waals surface area contributed by atoms with E-state index in [4.69, 9.17) is 9.84 Å². The Balaban J connectivity index is 0. The average Bonchev–Trinajstić information content (AvgIpc) is 2.57. The van der Waals surface area contributed by atoms with Crippen molar-refractivity contribution in [2.24, 2.45) is 0 Å². The molecule has 0 aliphatic carbocycles. The molecule has 0 saturated heterocycles. The van der Waals surface area contributed by atoms with E-state index in [1.165, 1.54) is 44.6 Å². The van der Waals surface area contributed by atoms with Gasteiger partial charge in [-0.05, 0) is 19.3 Å². The van der Waals surface area contributed by atoms with Crippen LogP contribution < -0.4 is 0 Å². The van der Waals surface area contributed by atoms with E-state index >= 15 is 0 Å². The van der Waals surface area contributed by atoms with Gasteiger partial charge in [-0.1, -0.05) is 78.4 Å². The van der Waals surface area contributed by atoms with E-state index in [1.807, 2.05) is 0 Å². The zero-order valence-electron chi connectivity index (χ0n) is 15.6. The van der Waals surface area contributed by atoms with Crippen LogP contribution in [0.25, 0.3) is 0 Å². The van der Waals surface area contributed by atoms with Crippen LogP contribution in [-0.2, 0) is 14.3 Å². The fourth-order valence-corrected chi connectivity index (χ4v) is 1.99. The number of carbonyl (C=O) groups is 2. The molecule has 0 fully saturated rings. The summed E-state index contributed by atoms with van der Waals surface area (Å²) in [4.78, 5) is 20.9. The van der Waals surface area contributed by atoms with E-state index in [1.54, 1.807) is 0 Å². The van der Waals surface area contributed by atoms with Crippen molar-refractivity contribution in [3.8, 4) is 0 Å². The lowest BCUT2D eigenvalue weighted by Gasteiger charge is -2.00. The van der Waals surface area contributed by atoms with Gasteiger partial charge in [0.25, 0.3) is 0 Å². The van der Waals surface area contributed by atoms with Crippen LogP contribution in [0.4, 0.5) is 0 Å². The number of carboxylic acid groups (broad SMARTS) is 1. The summed E-state index contributed by atoms with van der Waals surface area (Å²) >= 11 is 0. The van der Waals surface area contributed by atoms with Crippen molar-refractivity contribution in [1.82, 2.24) is 0 Å². The molecule has 0 aliphatic heterocycles. The Morgan fingerprint density at radius 2 is 1.42 bits per heavy atom. The summed E-state index contributed by atoms with van der Waals surface area (Å²) in [5, 5.41) is 8.49. The summed E-state index contributed by atoms with van der Waals surface area (Å²) in [6, 6.07) is 0. The maximum atomic E-state index is 10.6. The lowest BCUT2D eigenvalue weighted by atomic mass is 10.1. The molecule has 0 aromatic rings. The van der Waals surface area contributed by atoms with Gasteiger partial charge in [0.05, 0.1) is 6.61 Å². The molecule has 0 atom stereocenters. The Morgan fingerprint density at radius 3 is 1.88 bits per heavy atom. The van der Waals surface area contributed by atoms with Crippen LogP contribution >= 0.6 is 0 Å². The van der Waals surface area contributed by atoms with Crippen molar-refractivity contribution < 1.29 is 19.4 Å². The first-order chi connectivity index (χ1) is 11.5. The second kappa shape index (κ2) is 19.5. The molecule has 0 amide bonds. The highest BCUT2D eigenvalue weighted by Crippen LogP contribution is 2.09. The summed E-state index contributed by atoms with van der Waals surface area (Å²) in [5.41, 5.74) is 0.339. The van der Waals surface area contributed by atoms with Gasteiger partial charge >= 0.3 is 11.9 Å². The number of hydrogen-bond acceptors (Lipinski definition) is 3. The van der Waals surface area contributed by atoms with Crippen LogP contribution in [0, 0.1) is 0 Å². The molecule has 4 heteroatoms. The average molecular weight is 341 g/mol. The molecule has 0 unspecified atom stereocenters. The standard InChI is InChI=1S/2C10H18O2/c1-3-4-5-6-7-8-9(2)10(11)12;1-3-5-6-7-8-9-12-10(11)4-2/h2-8H2,1H3,(H,11,12);4H,2-3,5-9H2,1H3. The van der Waals surface area contributed by atoms with E-state index < -0.39 is 5.97 Å². The normalized spacial score (nSPS) is 9.58. The molecular weight excluding hydrogens is 304 g/mol. The fourth-order valence-electron chi connectivity index (χ4n) is 1.99. The number of aliphatic carboxylic acids is 1. The number of hydrogen-bond donors (Lipinski definition) is 1. The highest BCUT2D eigenvalue weighted by Gasteiger charge is 2.02. The van der Waals surface area contributed by atoms with Crippen LogP contribution in [-0.4, -0.2) is 23.7 Å². The fraction of sp³-hybridized carbons (Fsp3) is 0.700. The Morgan fingerprint density at radius 1 is 0.917 bits per heavy atom. The smallest absolute Gasteiger partial charge is 0.330 e. The molecule has 24 heavy (non-hydrogen) atoms. The number of unbranched alkanes of at least 4 members (excludes halogenated alkanes) is 8. The lowest BCUT2D eigenvalue weighted by molar-refractivity contribution is -0.138. The molecule has 0 saturated carbocycles. The van der Waals surface area contributed by atoms with Gasteiger partial charge in [0.2, 0.25) is 0 Å². The molecule has 0 aromatic heterocycles. The minimum Gasteiger partial charge on any atom is -0.478 e. The second-order valence-corrected chi connectivity index (χ2v) is 5.86. The summed E-state index contributed by atoms with van der Waals surface area (Å²) in [6.07, 6.45) is 13.5. The zero-order valence-corrected chi connectivity index (χ0v) is 15.6. The first kappa shape index (κ1) is 24.7. The largest absolute Gasteiger partial charge is 0.478 e. The van der Waals surface area contributed by atoms with Gasteiger partial charge in [-0.3, -0.25) is 0 Å². The molecule has 140 valence electrons. The van der Waals surface area contributed by atoms with Gasteiger partial charge in [0, 0.05) is 11.6 Å². The number of esters is 1. The van der Waals surface area contributed by atoms with Gasteiger partial charge in [-0.15, -0.1) is 0 Å². The molecule has 0 radical (unpaired) electrons. The first-order valence-corrected chi connectivity index (χ1v) is 9.19. The van der Waals surface area contributed by atoms with E-state index in [-0.39, 0.29) is 5.97 Å². The van der Waals surface area contributed by atoms with Crippen molar-refractivity contribution in [3.05, 3.63) is 24.8 Å². The molecule has 4 nitrogen and oxygen atoms in total. The van der Waals surface area contributed by atoms with Crippen molar-refractivity contribution in [2.45, 2.75) is 84.5 Å². The maximum Gasteiger partial charge on any atom is 0.330 e. The van der Waals surface area contributed by atoms with Crippen LogP contribution in [0.2, 0.25) is 0 Å². The second-order valence-electron chi connectivity index (χ2n) is 5.86. The SMILES string of the molecule is C=C(CCCCCCC)C(=O)O.C=CC(=O)OCCCCCCC.